The summed E-state index contributed by atoms with van der Waals surface area (Å²) in [4.78, 5) is 19.4. The van der Waals surface area contributed by atoms with E-state index in [4.69, 9.17) is 4.74 Å². The maximum atomic E-state index is 12.5. The average Bonchev–Trinajstić information content (AvgIpc) is 2.98. The first-order chi connectivity index (χ1) is 9.36. The van der Waals surface area contributed by atoms with Crippen molar-refractivity contribution in [1.82, 2.24) is 9.88 Å². The maximum Gasteiger partial charge on any atom is 0.266 e. The fourth-order valence-electron chi connectivity index (χ4n) is 2.11. The Balaban J connectivity index is 1.89. The second-order valence-electron chi connectivity index (χ2n) is 4.30. The molecule has 1 aromatic carbocycles. The molecule has 2 heterocycles. The molecule has 98 valence electrons. The lowest BCUT2D eigenvalue weighted by Crippen LogP contribution is -2.40. The topological polar surface area (TPSA) is 42.4 Å². The van der Waals surface area contributed by atoms with Crippen molar-refractivity contribution in [3.8, 4) is 11.3 Å². The van der Waals surface area contributed by atoms with Gasteiger partial charge in [-0.1, -0.05) is 30.3 Å². The van der Waals surface area contributed by atoms with E-state index < -0.39 is 0 Å². The van der Waals surface area contributed by atoms with E-state index in [0.29, 0.717) is 31.2 Å². The zero-order chi connectivity index (χ0) is 13.1. The Morgan fingerprint density at radius 1 is 1.21 bits per heavy atom. The van der Waals surface area contributed by atoms with Crippen LogP contribution in [0, 0.1) is 0 Å². The van der Waals surface area contributed by atoms with E-state index in [1.165, 1.54) is 11.3 Å². The smallest absolute Gasteiger partial charge is 0.266 e. The molecule has 3 rings (SSSR count). The Morgan fingerprint density at radius 3 is 2.68 bits per heavy atom. The van der Waals surface area contributed by atoms with Gasteiger partial charge >= 0.3 is 0 Å². The number of ether oxygens (including phenoxy) is 1. The highest BCUT2D eigenvalue weighted by Crippen LogP contribution is 2.26. The third-order valence-corrected chi connectivity index (χ3v) is 3.92. The van der Waals surface area contributed by atoms with E-state index in [1.54, 1.807) is 5.51 Å². The van der Waals surface area contributed by atoms with Crippen LogP contribution in [0.2, 0.25) is 0 Å². The van der Waals surface area contributed by atoms with E-state index in [1.807, 2.05) is 35.2 Å². The normalized spacial score (nSPS) is 15.5. The fourth-order valence-corrected chi connectivity index (χ4v) is 2.89. The van der Waals surface area contributed by atoms with Crippen LogP contribution < -0.4 is 0 Å². The number of benzene rings is 1. The van der Waals surface area contributed by atoms with Crippen molar-refractivity contribution in [2.24, 2.45) is 0 Å². The molecule has 5 heteroatoms. The van der Waals surface area contributed by atoms with Crippen molar-refractivity contribution in [1.29, 1.82) is 0 Å². The van der Waals surface area contributed by atoms with E-state index in [-0.39, 0.29) is 5.91 Å². The summed E-state index contributed by atoms with van der Waals surface area (Å²) < 4.78 is 5.28. The fraction of sp³-hybridized carbons (Fsp3) is 0.286. The number of amides is 1. The first-order valence-corrected chi connectivity index (χ1v) is 7.10. The highest BCUT2D eigenvalue weighted by Gasteiger charge is 2.23. The summed E-state index contributed by atoms with van der Waals surface area (Å²) >= 11 is 1.40. The highest BCUT2D eigenvalue weighted by atomic mass is 32.1. The molecule has 1 amide bonds. The van der Waals surface area contributed by atoms with Gasteiger partial charge in [-0.25, -0.2) is 4.98 Å². The third-order valence-electron chi connectivity index (χ3n) is 3.11. The largest absolute Gasteiger partial charge is 0.378 e. The van der Waals surface area contributed by atoms with Crippen LogP contribution in [-0.4, -0.2) is 42.1 Å². The van der Waals surface area contributed by atoms with Gasteiger partial charge < -0.3 is 9.64 Å². The molecular formula is C14H14N2O2S. The van der Waals surface area contributed by atoms with Crippen LogP contribution in [0.1, 0.15) is 9.67 Å². The second-order valence-corrected chi connectivity index (χ2v) is 5.16. The molecule has 0 N–H and O–H groups in total. The molecule has 0 aliphatic carbocycles. The van der Waals surface area contributed by atoms with Crippen molar-refractivity contribution in [3.05, 3.63) is 40.7 Å². The van der Waals surface area contributed by atoms with Crippen LogP contribution in [0.15, 0.2) is 35.8 Å². The monoisotopic (exact) mass is 274 g/mol. The predicted molar refractivity (Wildman–Crippen MR) is 74.3 cm³/mol. The van der Waals surface area contributed by atoms with Crippen LogP contribution >= 0.6 is 11.3 Å². The minimum absolute atomic E-state index is 0.0599. The molecule has 0 saturated carbocycles. The Bertz CT molecular complexity index is 562. The van der Waals surface area contributed by atoms with Crippen LogP contribution in [0.4, 0.5) is 0 Å². The number of hydrogen-bond donors (Lipinski definition) is 0. The molecule has 1 aliphatic heterocycles. The molecule has 0 spiro atoms. The summed E-state index contributed by atoms with van der Waals surface area (Å²) in [7, 11) is 0. The van der Waals surface area contributed by atoms with E-state index in [0.717, 1.165) is 11.3 Å². The molecule has 1 aliphatic rings. The van der Waals surface area contributed by atoms with Gasteiger partial charge in [-0.05, 0) is 0 Å². The van der Waals surface area contributed by atoms with Crippen LogP contribution in [0.5, 0.6) is 0 Å². The first kappa shape index (κ1) is 12.3. The number of carbonyl (C=O) groups excluding carboxylic acids is 1. The molecule has 0 radical (unpaired) electrons. The molecule has 1 fully saturated rings. The number of nitrogens with zero attached hydrogens (tertiary/aromatic N) is 2. The van der Waals surface area contributed by atoms with Crippen molar-refractivity contribution in [3.63, 3.8) is 0 Å². The molecular weight excluding hydrogens is 260 g/mol. The lowest BCUT2D eigenvalue weighted by molar-refractivity contribution is 0.0306. The summed E-state index contributed by atoms with van der Waals surface area (Å²) in [5.41, 5.74) is 3.50. The molecule has 2 aromatic rings. The van der Waals surface area contributed by atoms with Crippen LogP contribution in [0.3, 0.4) is 0 Å². The van der Waals surface area contributed by atoms with Crippen LogP contribution in [0.25, 0.3) is 11.3 Å². The Hall–Kier alpha value is -1.72. The predicted octanol–water partition coefficient (Wildman–Crippen LogP) is 2.28. The van der Waals surface area contributed by atoms with Crippen molar-refractivity contribution >= 4 is 17.2 Å². The molecule has 19 heavy (non-hydrogen) atoms. The maximum absolute atomic E-state index is 12.5. The number of thiazole rings is 1. The van der Waals surface area contributed by atoms with E-state index in [2.05, 4.69) is 4.98 Å². The summed E-state index contributed by atoms with van der Waals surface area (Å²) in [5, 5.41) is 0. The number of carbonyl (C=O) groups is 1. The minimum Gasteiger partial charge on any atom is -0.378 e. The number of hydrogen-bond acceptors (Lipinski definition) is 4. The van der Waals surface area contributed by atoms with Gasteiger partial charge in [0.2, 0.25) is 0 Å². The van der Waals surface area contributed by atoms with Gasteiger partial charge in [0.15, 0.2) is 0 Å². The van der Waals surface area contributed by atoms with Gasteiger partial charge in [-0.15, -0.1) is 11.3 Å². The minimum atomic E-state index is 0.0599. The third kappa shape index (κ3) is 2.52. The average molecular weight is 274 g/mol. The summed E-state index contributed by atoms with van der Waals surface area (Å²) in [5.74, 6) is 0.0599. The second kappa shape index (κ2) is 5.50. The number of aromatic nitrogens is 1. The van der Waals surface area contributed by atoms with Crippen molar-refractivity contribution < 1.29 is 9.53 Å². The molecule has 1 saturated heterocycles. The van der Waals surface area contributed by atoms with Gasteiger partial charge in [-0.2, -0.15) is 0 Å². The van der Waals surface area contributed by atoms with E-state index in [9.17, 15) is 4.79 Å². The van der Waals surface area contributed by atoms with Gasteiger partial charge in [0, 0.05) is 18.7 Å². The summed E-state index contributed by atoms with van der Waals surface area (Å²) in [6.07, 6.45) is 0. The van der Waals surface area contributed by atoms with Gasteiger partial charge in [0.05, 0.1) is 24.4 Å². The number of morpholine rings is 1. The molecule has 0 atom stereocenters. The van der Waals surface area contributed by atoms with Crippen molar-refractivity contribution in [2.75, 3.05) is 26.3 Å². The summed E-state index contributed by atoms with van der Waals surface area (Å²) in [6, 6.07) is 9.82. The summed E-state index contributed by atoms with van der Waals surface area (Å²) in [6.45, 7) is 2.55. The lowest BCUT2D eigenvalue weighted by atomic mass is 10.1. The van der Waals surface area contributed by atoms with Crippen LogP contribution in [-0.2, 0) is 4.74 Å². The van der Waals surface area contributed by atoms with Gasteiger partial charge in [-0.3, -0.25) is 4.79 Å². The molecule has 0 bridgehead atoms. The Kier molecular flexibility index (Phi) is 3.57. The van der Waals surface area contributed by atoms with E-state index >= 15 is 0 Å². The van der Waals surface area contributed by atoms with Gasteiger partial charge in [0.25, 0.3) is 5.91 Å². The zero-order valence-corrected chi connectivity index (χ0v) is 11.2. The quantitative estimate of drug-likeness (QED) is 0.843. The van der Waals surface area contributed by atoms with Crippen molar-refractivity contribution in [2.45, 2.75) is 0 Å². The Labute approximate surface area is 115 Å². The zero-order valence-electron chi connectivity index (χ0n) is 10.4. The highest BCUT2D eigenvalue weighted by molar-refractivity contribution is 7.12. The van der Waals surface area contributed by atoms with Gasteiger partial charge in [0.1, 0.15) is 4.88 Å². The lowest BCUT2D eigenvalue weighted by Gasteiger charge is -2.26. The Morgan fingerprint density at radius 2 is 1.95 bits per heavy atom. The molecule has 0 unspecified atom stereocenters. The molecule has 1 aromatic heterocycles. The number of rotatable bonds is 2. The molecule has 4 nitrogen and oxygen atoms in total. The standard InChI is InChI=1S/C14H14N2O2S/c17-14(16-6-8-18-9-7-16)13-12(15-10-19-13)11-4-2-1-3-5-11/h1-5,10H,6-9H2. The SMILES string of the molecule is O=C(c1scnc1-c1ccccc1)N1CCOCC1. The first-order valence-electron chi connectivity index (χ1n) is 6.22.